The normalized spacial score (nSPS) is 14.5. The highest BCUT2D eigenvalue weighted by atomic mass is 16.3. The highest BCUT2D eigenvalue weighted by Crippen LogP contribution is 2.31. The predicted molar refractivity (Wildman–Crippen MR) is 108 cm³/mol. The fraction of sp³-hybridized carbons (Fsp3) is 0.318. The lowest BCUT2D eigenvalue weighted by molar-refractivity contribution is 0.492. The maximum Gasteiger partial charge on any atom is 0.178 e. The maximum atomic E-state index is 6.19. The molecule has 0 bridgehead atoms. The van der Waals surface area contributed by atoms with Crippen LogP contribution in [0.25, 0.3) is 17.0 Å². The van der Waals surface area contributed by atoms with Crippen molar-refractivity contribution in [2.75, 3.05) is 11.4 Å². The predicted octanol–water partition coefficient (Wildman–Crippen LogP) is 4.24. The lowest BCUT2D eigenvalue weighted by atomic mass is 9.96. The summed E-state index contributed by atoms with van der Waals surface area (Å²) in [6, 6.07) is 16.4. The first-order valence-electron chi connectivity index (χ1n) is 9.64. The fourth-order valence-electron chi connectivity index (χ4n) is 3.68. The van der Waals surface area contributed by atoms with E-state index in [2.05, 4.69) is 54.1 Å². The van der Waals surface area contributed by atoms with E-state index in [4.69, 9.17) is 9.52 Å². The third kappa shape index (κ3) is 2.85. The van der Waals surface area contributed by atoms with Gasteiger partial charge in [-0.05, 0) is 30.2 Å². The number of aromatic nitrogens is 4. The molecule has 6 heteroatoms. The van der Waals surface area contributed by atoms with Gasteiger partial charge in [-0.1, -0.05) is 51.1 Å². The molecule has 0 fully saturated rings. The van der Waals surface area contributed by atoms with E-state index in [1.165, 1.54) is 5.56 Å². The van der Waals surface area contributed by atoms with E-state index in [0.717, 1.165) is 47.3 Å². The smallest absolute Gasteiger partial charge is 0.178 e. The Morgan fingerprint density at radius 2 is 1.82 bits per heavy atom. The molecule has 142 valence electrons. The minimum atomic E-state index is -0.119. The number of furan rings is 1. The number of nitrogens with zero attached hydrogens (tertiary/aromatic N) is 5. The van der Waals surface area contributed by atoms with Crippen LogP contribution < -0.4 is 4.90 Å². The monoisotopic (exact) mass is 373 g/mol. The van der Waals surface area contributed by atoms with Gasteiger partial charge in [0.05, 0.1) is 6.54 Å². The van der Waals surface area contributed by atoms with Gasteiger partial charge in [0, 0.05) is 17.5 Å². The molecule has 1 aliphatic rings. The van der Waals surface area contributed by atoms with Crippen molar-refractivity contribution in [1.29, 1.82) is 0 Å². The van der Waals surface area contributed by atoms with E-state index < -0.39 is 0 Å². The van der Waals surface area contributed by atoms with Crippen LogP contribution in [-0.2, 0) is 18.4 Å². The second-order valence-electron chi connectivity index (χ2n) is 8.33. The summed E-state index contributed by atoms with van der Waals surface area (Å²) in [5, 5.41) is 13.4. The molecule has 4 heterocycles. The van der Waals surface area contributed by atoms with Crippen molar-refractivity contribution < 1.29 is 4.42 Å². The zero-order chi connectivity index (χ0) is 19.3. The van der Waals surface area contributed by atoms with Crippen molar-refractivity contribution in [2.24, 2.45) is 0 Å². The molecule has 0 amide bonds. The molecule has 1 aliphatic heterocycles. The number of benzene rings is 1. The molecule has 0 spiro atoms. The molecule has 0 radical (unpaired) electrons. The molecule has 28 heavy (non-hydrogen) atoms. The number of anilines is 1. The van der Waals surface area contributed by atoms with Crippen LogP contribution in [0, 0.1) is 0 Å². The van der Waals surface area contributed by atoms with Crippen LogP contribution >= 0.6 is 0 Å². The Bertz CT molecular complexity index is 1140. The zero-order valence-corrected chi connectivity index (χ0v) is 16.4. The van der Waals surface area contributed by atoms with E-state index in [1.807, 2.05) is 34.8 Å². The second kappa shape index (κ2) is 6.19. The van der Waals surface area contributed by atoms with Crippen LogP contribution in [-0.4, -0.2) is 26.4 Å². The summed E-state index contributed by atoms with van der Waals surface area (Å²) in [7, 11) is 0. The number of fused-ring (bicyclic) bond motifs is 2. The van der Waals surface area contributed by atoms with Crippen molar-refractivity contribution in [3.8, 4) is 11.3 Å². The highest BCUT2D eigenvalue weighted by Gasteiger charge is 2.25. The van der Waals surface area contributed by atoms with E-state index in [-0.39, 0.29) is 5.41 Å². The largest absolute Gasteiger partial charge is 0.459 e. The van der Waals surface area contributed by atoms with E-state index >= 15 is 0 Å². The number of rotatable bonds is 2. The standard InChI is InChI=1S/C22H23N5O/c1-22(2,3)21-24-23-19-9-10-20(25-27(19)21)26-12-11-16-13-17(28-18(16)14-26)15-7-5-4-6-8-15/h4-10,13H,11-12,14H2,1-3H3. The van der Waals surface area contributed by atoms with Gasteiger partial charge in [0.25, 0.3) is 0 Å². The number of hydrogen-bond acceptors (Lipinski definition) is 5. The molecule has 0 saturated heterocycles. The molecule has 0 N–H and O–H groups in total. The van der Waals surface area contributed by atoms with E-state index in [0.29, 0.717) is 6.54 Å². The fourth-order valence-corrected chi connectivity index (χ4v) is 3.68. The summed E-state index contributed by atoms with van der Waals surface area (Å²) in [4.78, 5) is 2.26. The van der Waals surface area contributed by atoms with Gasteiger partial charge in [0.1, 0.15) is 17.3 Å². The first-order valence-corrected chi connectivity index (χ1v) is 9.64. The minimum absolute atomic E-state index is 0.119. The van der Waals surface area contributed by atoms with Gasteiger partial charge in [-0.2, -0.15) is 4.52 Å². The van der Waals surface area contributed by atoms with Gasteiger partial charge < -0.3 is 9.32 Å². The Morgan fingerprint density at radius 3 is 2.61 bits per heavy atom. The molecule has 6 nitrogen and oxygen atoms in total. The summed E-state index contributed by atoms with van der Waals surface area (Å²) >= 11 is 0. The van der Waals surface area contributed by atoms with Crippen LogP contribution in [0.5, 0.6) is 0 Å². The summed E-state index contributed by atoms with van der Waals surface area (Å²) < 4.78 is 8.06. The lowest BCUT2D eigenvalue weighted by Gasteiger charge is -2.27. The highest BCUT2D eigenvalue weighted by molar-refractivity contribution is 5.59. The van der Waals surface area contributed by atoms with Crippen LogP contribution in [0.2, 0.25) is 0 Å². The van der Waals surface area contributed by atoms with Gasteiger partial charge in [-0.15, -0.1) is 15.3 Å². The summed E-state index contributed by atoms with van der Waals surface area (Å²) in [5.74, 6) is 3.74. The molecule has 1 aromatic carbocycles. The SMILES string of the molecule is CC(C)(C)c1nnc2ccc(N3CCc4cc(-c5ccccc5)oc4C3)nn12. The summed E-state index contributed by atoms with van der Waals surface area (Å²) in [6.07, 6.45) is 0.944. The van der Waals surface area contributed by atoms with Gasteiger partial charge in [0.2, 0.25) is 0 Å². The molecule has 3 aromatic heterocycles. The third-order valence-electron chi connectivity index (χ3n) is 5.18. The van der Waals surface area contributed by atoms with E-state index in [9.17, 15) is 0 Å². The third-order valence-corrected chi connectivity index (χ3v) is 5.18. The Labute approximate surface area is 163 Å². The topological polar surface area (TPSA) is 59.5 Å². The van der Waals surface area contributed by atoms with Crippen molar-refractivity contribution >= 4 is 11.5 Å². The maximum absolute atomic E-state index is 6.19. The molecular formula is C22H23N5O. The molecule has 0 atom stereocenters. The van der Waals surface area contributed by atoms with Crippen molar-refractivity contribution in [1.82, 2.24) is 19.8 Å². The lowest BCUT2D eigenvalue weighted by Crippen LogP contribution is -2.31. The Morgan fingerprint density at radius 1 is 1.00 bits per heavy atom. The molecule has 0 aliphatic carbocycles. The first-order chi connectivity index (χ1) is 13.5. The average Bonchev–Trinajstić information content (AvgIpc) is 3.31. The van der Waals surface area contributed by atoms with Gasteiger partial charge in [-0.3, -0.25) is 0 Å². The van der Waals surface area contributed by atoms with Gasteiger partial charge in [-0.25, -0.2) is 0 Å². The number of hydrogen-bond donors (Lipinski definition) is 0. The van der Waals surface area contributed by atoms with Gasteiger partial charge >= 0.3 is 0 Å². The molecule has 0 unspecified atom stereocenters. The zero-order valence-electron chi connectivity index (χ0n) is 16.4. The Balaban J connectivity index is 1.47. The Hall–Kier alpha value is -3.15. The summed E-state index contributed by atoms with van der Waals surface area (Å²) in [6.45, 7) is 8.00. The van der Waals surface area contributed by atoms with Gasteiger partial charge in [0.15, 0.2) is 11.5 Å². The van der Waals surface area contributed by atoms with Crippen LogP contribution in [0.15, 0.2) is 52.9 Å². The quantitative estimate of drug-likeness (QED) is 0.526. The Kier molecular flexibility index (Phi) is 3.75. The van der Waals surface area contributed by atoms with Crippen LogP contribution in [0.4, 0.5) is 5.82 Å². The van der Waals surface area contributed by atoms with Crippen molar-refractivity contribution in [2.45, 2.75) is 39.2 Å². The summed E-state index contributed by atoms with van der Waals surface area (Å²) in [5.41, 5.74) is 3.06. The second-order valence-corrected chi connectivity index (χ2v) is 8.33. The molecule has 4 aromatic rings. The van der Waals surface area contributed by atoms with Crippen LogP contribution in [0.3, 0.4) is 0 Å². The minimum Gasteiger partial charge on any atom is -0.459 e. The molecular weight excluding hydrogens is 350 g/mol. The van der Waals surface area contributed by atoms with Crippen LogP contribution in [0.1, 0.15) is 37.9 Å². The average molecular weight is 373 g/mol. The van der Waals surface area contributed by atoms with E-state index in [1.54, 1.807) is 0 Å². The van der Waals surface area contributed by atoms with Crippen molar-refractivity contribution in [3.63, 3.8) is 0 Å². The van der Waals surface area contributed by atoms with Crippen molar-refractivity contribution in [3.05, 3.63) is 65.7 Å². The molecule has 0 saturated carbocycles. The first kappa shape index (κ1) is 17.0. The molecule has 5 rings (SSSR count).